The van der Waals surface area contributed by atoms with E-state index in [9.17, 15) is 0 Å². The molecule has 0 fully saturated rings. The molecule has 0 unspecified atom stereocenters. The molecule has 0 aliphatic carbocycles. The van der Waals surface area contributed by atoms with Crippen molar-refractivity contribution in [3.63, 3.8) is 0 Å². The Morgan fingerprint density at radius 2 is 2.25 bits per heavy atom. The highest BCUT2D eigenvalue weighted by Crippen LogP contribution is 1.95. The summed E-state index contributed by atoms with van der Waals surface area (Å²) in [5.41, 5.74) is 0.573. The number of aliphatic imine (C=N–C) groups is 1. The molecule has 0 bridgehead atoms. The molecule has 2 nitrogen and oxygen atoms in total. The molecular formula is C10H12N2. The summed E-state index contributed by atoms with van der Waals surface area (Å²) in [6.07, 6.45) is 9.74. The van der Waals surface area contributed by atoms with Crippen LogP contribution in [-0.4, -0.2) is 13.3 Å². The lowest BCUT2D eigenvalue weighted by Gasteiger charge is -1.83. The standard InChI is InChI=1S/C10H12N2/c1-10(9-11)7-5-3-4-6-8-12-2/h3-6,8H,1,7H2,2H3/b5-3-,6-4-,12-8?. The van der Waals surface area contributed by atoms with Gasteiger partial charge in [0, 0.05) is 25.3 Å². The van der Waals surface area contributed by atoms with Gasteiger partial charge in [0.05, 0.1) is 6.07 Å². The first-order valence-corrected chi connectivity index (χ1v) is 3.63. The zero-order chi connectivity index (χ0) is 9.23. The molecular weight excluding hydrogens is 148 g/mol. The van der Waals surface area contributed by atoms with Gasteiger partial charge in [-0.1, -0.05) is 24.8 Å². The second-order valence-corrected chi connectivity index (χ2v) is 2.14. The molecule has 2 heteroatoms. The van der Waals surface area contributed by atoms with E-state index < -0.39 is 0 Å². The van der Waals surface area contributed by atoms with E-state index in [0.717, 1.165) is 0 Å². The normalized spacial score (nSPS) is 11.3. The van der Waals surface area contributed by atoms with Crippen LogP contribution in [0.2, 0.25) is 0 Å². The molecule has 0 aliphatic rings. The van der Waals surface area contributed by atoms with Gasteiger partial charge in [0.25, 0.3) is 0 Å². The molecule has 0 saturated carbocycles. The number of hydrogen-bond acceptors (Lipinski definition) is 2. The van der Waals surface area contributed by atoms with Crippen LogP contribution >= 0.6 is 0 Å². The fourth-order valence-corrected chi connectivity index (χ4v) is 0.534. The van der Waals surface area contributed by atoms with E-state index in [1.807, 2.05) is 30.4 Å². The minimum Gasteiger partial charge on any atom is -0.297 e. The quantitative estimate of drug-likeness (QED) is 0.353. The number of nitrogens with zero attached hydrogens (tertiary/aromatic N) is 2. The molecule has 62 valence electrons. The van der Waals surface area contributed by atoms with Crippen LogP contribution < -0.4 is 0 Å². The van der Waals surface area contributed by atoms with Crippen LogP contribution in [0.15, 0.2) is 41.4 Å². The average Bonchev–Trinajstić information content (AvgIpc) is 2.10. The SMILES string of the molecule is C=C(C#N)C/C=C\C=C/C=NC. The van der Waals surface area contributed by atoms with Crippen LogP contribution in [0.4, 0.5) is 0 Å². The Kier molecular flexibility index (Phi) is 6.48. The van der Waals surface area contributed by atoms with Crippen molar-refractivity contribution in [1.29, 1.82) is 5.26 Å². The van der Waals surface area contributed by atoms with Crippen molar-refractivity contribution in [3.8, 4) is 6.07 Å². The molecule has 0 heterocycles. The van der Waals surface area contributed by atoms with Crippen molar-refractivity contribution in [2.24, 2.45) is 4.99 Å². The van der Waals surface area contributed by atoms with Crippen molar-refractivity contribution < 1.29 is 0 Å². The van der Waals surface area contributed by atoms with Gasteiger partial charge in [0.15, 0.2) is 0 Å². The van der Waals surface area contributed by atoms with Gasteiger partial charge in [-0.15, -0.1) is 0 Å². The Labute approximate surface area is 73.2 Å². The summed E-state index contributed by atoms with van der Waals surface area (Å²) in [7, 11) is 1.71. The van der Waals surface area contributed by atoms with E-state index in [0.29, 0.717) is 12.0 Å². The molecule has 0 saturated heterocycles. The van der Waals surface area contributed by atoms with Gasteiger partial charge in [0.2, 0.25) is 0 Å². The minimum absolute atomic E-state index is 0.573. The van der Waals surface area contributed by atoms with E-state index in [1.54, 1.807) is 13.3 Å². The molecule has 0 aromatic heterocycles. The number of hydrogen-bond donors (Lipinski definition) is 0. The first-order valence-electron chi connectivity index (χ1n) is 3.63. The topological polar surface area (TPSA) is 36.1 Å². The average molecular weight is 160 g/mol. The van der Waals surface area contributed by atoms with Gasteiger partial charge >= 0.3 is 0 Å². The summed E-state index contributed by atoms with van der Waals surface area (Å²) < 4.78 is 0. The summed E-state index contributed by atoms with van der Waals surface area (Å²) in [6.45, 7) is 3.54. The molecule has 0 atom stereocenters. The fourth-order valence-electron chi connectivity index (χ4n) is 0.534. The van der Waals surface area contributed by atoms with Crippen LogP contribution in [0.3, 0.4) is 0 Å². The lowest BCUT2D eigenvalue weighted by molar-refractivity contribution is 1.29. The Hall–Kier alpha value is -1.62. The van der Waals surface area contributed by atoms with Gasteiger partial charge in [0.1, 0.15) is 0 Å². The number of rotatable bonds is 4. The first kappa shape index (κ1) is 10.4. The van der Waals surface area contributed by atoms with Crippen molar-refractivity contribution in [2.45, 2.75) is 6.42 Å². The summed E-state index contributed by atoms with van der Waals surface area (Å²) in [5.74, 6) is 0. The second-order valence-electron chi connectivity index (χ2n) is 2.14. The predicted octanol–water partition coefficient (Wildman–Crippen LogP) is 2.27. The Morgan fingerprint density at radius 1 is 1.50 bits per heavy atom. The van der Waals surface area contributed by atoms with Crippen LogP contribution in [0.5, 0.6) is 0 Å². The van der Waals surface area contributed by atoms with Crippen molar-refractivity contribution in [3.05, 3.63) is 36.5 Å². The van der Waals surface area contributed by atoms with Crippen LogP contribution in [0.1, 0.15) is 6.42 Å². The maximum absolute atomic E-state index is 8.35. The van der Waals surface area contributed by atoms with Crippen molar-refractivity contribution in [1.82, 2.24) is 0 Å². The molecule has 12 heavy (non-hydrogen) atoms. The molecule has 0 rings (SSSR count). The van der Waals surface area contributed by atoms with Crippen molar-refractivity contribution in [2.75, 3.05) is 7.05 Å². The first-order chi connectivity index (χ1) is 5.81. The highest BCUT2D eigenvalue weighted by atomic mass is 14.6. The fraction of sp³-hybridized carbons (Fsp3) is 0.200. The Balaban J connectivity index is 3.65. The van der Waals surface area contributed by atoms with Gasteiger partial charge in [-0.3, -0.25) is 4.99 Å². The van der Waals surface area contributed by atoms with Crippen LogP contribution in [0.25, 0.3) is 0 Å². The summed E-state index contributed by atoms with van der Waals surface area (Å²) in [6, 6.07) is 1.97. The maximum atomic E-state index is 8.35. The highest BCUT2D eigenvalue weighted by Gasteiger charge is 1.82. The van der Waals surface area contributed by atoms with E-state index >= 15 is 0 Å². The highest BCUT2D eigenvalue weighted by molar-refractivity contribution is 5.71. The largest absolute Gasteiger partial charge is 0.297 e. The summed E-state index contributed by atoms with van der Waals surface area (Å²) in [4.78, 5) is 3.77. The lowest BCUT2D eigenvalue weighted by Crippen LogP contribution is -1.69. The third kappa shape index (κ3) is 6.50. The van der Waals surface area contributed by atoms with Crippen LogP contribution in [0, 0.1) is 11.3 Å². The maximum Gasteiger partial charge on any atom is 0.0944 e. The van der Waals surface area contributed by atoms with E-state index in [1.165, 1.54) is 0 Å². The van der Waals surface area contributed by atoms with Gasteiger partial charge < -0.3 is 0 Å². The van der Waals surface area contributed by atoms with Gasteiger partial charge in [-0.2, -0.15) is 5.26 Å². The zero-order valence-electron chi connectivity index (χ0n) is 7.20. The van der Waals surface area contributed by atoms with E-state index in [2.05, 4.69) is 11.6 Å². The molecule has 0 aromatic rings. The van der Waals surface area contributed by atoms with E-state index in [-0.39, 0.29) is 0 Å². The molecule has 0 aromatic carbocycles. The third-order valence-corrected chi connectivity index (χ3v) is 1.12. The second kappa shape index (κ2) is 7.49. The summed E-state index contributed by atoms with van der Waals surface area (Å²) in [5, 5.41) is 8.35. The summed E-state index contributed by atoms with van der Waals surface area (Å²) >= 11 is 0. The van der Waals surface area contributed by atoms with Gasteiger partial charge in [-0.05, 0) is 6.08 Å². The number of nitriles is 1. The number of allylic oxidation sites excluding steroid dienone is 5. The third-order valence-electron chi connectivity index (χ3n) is 1.12. The smallest absolute Gasteiger partial charge is 0.0944 e. The van der Waals surface area contributed by atoms with Crippen molar-refractivity contribution >= 4 is 6.21 Å². The predicted molar refractivity (Wildman–Crippen MR) is 52.1 cm³/mol. The Bertz CT molecular complexity index is 252. The van der Waals surface area contributed by atoms with E-state index in [4.69, 9.17) is 5.26 Å². The molecule has 0 spiro atoms. The van der Waals surface area contributed by atoms with Crippen LogP contribution in [-0.2, 0) is 0 Å². The minimum atomic E-state index is 0.573. The lowest BCUT2D eigenvalue weighted by atomic mass is 10.2. The molecule has 0 amide bonds. The zero-order valence-corrected chi connectivity index (χ0v) is 7.20. The van der Waals surface area contributed by atoms with Gasteiger partial charge in [-0.25, -0.2) is 0 Å². The Morgan fingerprint density at radius 3 is 2.83 bits per heavy atom. The molecule has 0 N–H and O–H groups in total. The monoisotopic (exact) mass is 160 g/mol. The molecule has 0 radical (unpaired) electrons. The molecule has 0 aliphatic heterocycles.